The Balaban J connectivity index is 1.46. The van der Waals surface area contributed by atoms with E-state index in [-0.39, 0.29) is 0 Å². The summed E-state index contributed by atoms with van der Waals surface area (Å²) < 4.78 is 2.20. The molecular weight excluding hydrogens is 250 g/mol. The number of aryl methyl sites for hydroxylation is 1. The molecule has 0 saturated heterocycles. The van der Waals surface area contributed by atoms with Crippen molar-refractivity contribution in [2.24, 2.45) is 0 Å². The van der Waals surface area contributed by atoms with Crippen LogP contribution < -0.4 is 5.32 Å². The molecule has 0 amide bonds. The lowest BCUT2D eigenvalue weighted by atomic mass is 10.3. The van der Waals surface area contributed by atoms with Crippen molar-refractivity contribution >= 4 is 11.0 Å². The summed E-state index contributed by atoms with van der Waals surface area (Å²) in [6.07, 6.45) is 8.20. The number of fused-ring (bicyclic) bond motifs is 1. The third-order valence-electron chi connectivity index (χ3n) is 3.22. The SMILES string of the molecule is c1ccc2c(c1)ncn2CCCNCc1cncnc1. The number of aromatic nitrogens is 4. The number of imidazole rings is 1. The fraction of sp³-hybridized carbons (Fsp3) is 0.267. The Hall–Kier alpha value is -2.27. The van der Waals surface area contributed by atoms with Crippen molar-refractivity contribution in [3.05, 3.63) is 54.9 Å². The van der Waals surface area contributed by atoms with Gasteiger partial charge < -0.3 is 9.88 Å². The molecule has 20 heavy (non-hydrogen) atoms. The van der Waals surface area contributed by atoms with E-state index in [4.69, 9.17) is 0 Å². The predicted octanol–water partition coefficient (Wildman–Crippen LogP) is 2.01. The normalized spacial score (nSPS) is 11.0. The summed E-state index contributed by atoms with van der Waals surface area (Å²) in [6.45, 7) is 2.74. The van der Waals surface area contributed by atoms with Gasteiger partial charge in [-0.2, -0.15) is 0 Å². The molecule has 0 saturated carbocycles. The van der Waals surface area contributed by atoms with E-state index in [1.54, 1.807) is 6.33 Å². The van der Waals surface area contributed by atoms with Gasteiger partial charge in [-0.3, -0.25) is 0 Å². The Morgan fingerprint density at radius 1 is 1.10 bits per heavy atom. The van der Waals surface area contributed by atoms with Crippen LogP contribution in [0.25, 0.3) is 11.0 Å². The molecule has 3 rings (SSSR count). The lowest BCUT2D eigenvalue weighted by Crippen LogP contribution is -2.16. The van der Waals surface area contributed by atoms with Gasteiger partial charge in [-0.25, -0.2) is 15.0 Å². The fourth-order valence-corrected chi connectivity index (χ4v) is 2.22. The smallest absolute Gasteiger partial charge is 0.115 e. The molecule has 3 aromatic rings. The molecule has 0 radical (unpaired) electrons. The number of hydrogen-bond acceptors (Lipinski definition) is 4. The second-order valence-electron chi connectivity index (χ2n) is 4.70. The minimum atomic E-state index is 0.811. The number of nitrogens with zero attached hydrogens (tertiary/aromatic N) is 4. The minimum Gasteiger partial charge on any atom is -0.331 e. The topological polar surface area (TPSA) is 55.6 Å². The Morgan fingerprint density at radius 3 is 2.85 bits per heavy atom. The first kappa shape index (κ1) is 12.7. The van der Waals surface area contributed by atoms with E-state index in [1.807, 2.05) is 36.9 Å². The van der Waals surface area contributed by atoms with Gasteiger partial charge in [0.2, 0.25) is 0 Å². The fourth-order valence-electron chi connectivity index (χ4n) is 2.22. The van der Waals surface area contributed by atoms with Crippen molar-refractivity contribution < 1.29 is 0 Å². The molecule has 0 spiro atoms. The third kappa shape index (κ3) is 3.00. The van der Waals surface area contributed by atoms with Gasteiger partial charge in [0.15, 0.2) is 0 Å². The van der Waals surface area contributed by atoms with Crippen LogP contribution in [0.3, 0.4) is 0 Å². The van der Waals surface area contributed by atoms with Gasteiger partial charge in [0, 0.05) is 31.0 Å². The van der Waals surface area contributed by atoms with Gasteiger partial charge in [0.25, 0.3) is 0 Å². The Morgan fingerprint density at radius 2 is 1.95 bits per heavy atom. The van der Waals surface area contributed by atoms with E-state index in [9.17, 15) is 0 Å². The first-order valence-electron chi connectivity index (χ1n) is 6.78. The average Bonchev–Trinajstić information content (AvgIpc) is 2.91. The summed E-state index contributed by atoms with van der Waals surface area (Å²) in [5.41, 5.74) is 3.37. The van der Waals surface area contributed by atoms with Crippen LogP contribution in [0, 0.1) is 0 Å². The van der Waals surface area contributed by atoms with Gasteiger partial charge in [0.05, 0.1) is 17.4 Å². The van der Waals surface area contributed by atoms with Gasteiger partial charge >= 0.3 is 0 Å². The van der Waals surface area contributed by atoms with Crippen molar-refractivity contribution in [1.29, 1.82) is 0 Å². The Bertz CT molecular complexity index is 662. The molecule has 0 bridgehead atoms. The van der Waals surface area contributed by atoms with Crippen LogP contribution in [0.4, 0.5) is 0 Å². The molecule has 1 N–H and O–H groups in total. The van der Waals surface area contributed by atoms with Gasteiger partial charge in [-0.15, -0.1) is 0 Å². The second-order valence-corrected chi connectivity index (χ2v) is 4.70. The molecule has 2 heterocycles. The molecule has 0 unspecified atom stereocenters. The summed E-state index contributed by atoms with van der Waals surface area (Å²) in [5.74, 6) is 0. The molecule has 0 fully saturated rings. The van der Waals surface area contributed by atoms with Crippen LogP contribution in [0.5, 0.6) is 0 Å². The van der Waals surface area contributed by atoms with Crippen molar-refractivity contribution in [2.45, 2.75) is 19.5 Å². The number of hydrogen-bond donors (Lipinski definition) is 1. The lowest BCUT2D eigenvalue weighted by Gasteiger charge is -2.06. The van der Waals surface area contributed by atoms with E-state index in [2.05, 4.69) is 30.9 Å². The zero-order valence-corrected chi connectivity index (χ0v) is 11.2. The first-order valence-corrected chi connectivity index (χ1v) is 6.78. The summed E-state index contributed by atoms with van der Waals surface area (Å²) in [4.78, 5) is 12.4. The molecule has 102 valence electrons. The molecular formula is C15H17N5. The lowest BCUT2D eigenvalue weighted by molar-refractivity contribution is 0.587. The van der Waals surface area contributed by atoms with Crippen LogP contribution in [0.2, 0.25) is 0 Å². The maximum atomic E-state index is 4.39. The van der Waals surface area contributed by atoms with Crippen LogP contribution in [0.1, 0.15) is 12.0 Å². The van der Waals surface area contributed by atoms with Crippen LogP contribution >= 0.6 is 0 Å². The van der Waals surface area contributed by atoms with E-state index in [0.717, 1.165) is 37.1 Å². The minimum absolute atomic E-state index is 0.811. The number of rotatable bonds is 6. The van der Waals surface area contributed by atoms with E-state index in [0.29, 0.717) is 0 Å². The van der Waals surface area contributed by atoms with Crippen molar-refractivity contribution in [1.82, 2.24) is 24.8 Å². The zero-order chi connectivity index (χ0) is 13.6. The van der Waals surface area contributed by atoms with Crippen molar-refractivity contribution in [3.63, 3.8) is 0 Å². The standard InChI is InChI=1S/C15H17N5/c1-2-5-15-14(4-1)19-12-20(15)7-3-6-16-8-13-9-17-11-18-10-13/h1-2,4-5,9-12,16H,3,6-8H2. The Kier molecular flexibility index (Phi) is 3.99. The summed E-state index contributed by atoms with van der Waals surface area (Å²) >= 11 is 0. The quantitative estimate of drug-likeness (QED) is 0.694. The Labute approximate surface area is 117 Å². The van der Waals surface area contributed by atoms with E-state index in [1.165, 1.54) is 5.52 Å². The molecule has 0 atom stereocenters. The van der Waals surface area contributed by atoms with Gasteiger partial charge in [0.1, 0.15) is 6.33 Å². The van der Waals surface area contributed by atoms with E-state index >= 15 is 0 Å². The largest absolute Gasteiger partial charge is 0.331 e. The zero-order valence-electron chi connectivity index (χ0n) is 11.2. The number of para-hydroxylation sites is 2. The summed E-state index contributed by atoms with van der Waals surface area (Å²) in [6, 6.07) is 8.22. The van der Waals surface area contributed by atoms with Crippen LogP contribution in [-0.2, 0) is 13.1 Å². The highest BCUT2D eigenvalue weighted by Crippen LogP contribution is 2.11. The first-order chi connectivity index (χ1) is 9.93. The summed E-state index contributed by atoms with van der Waals surface area (Å²) in [5, 5.41) is 3.40. The van der Waals surface area contributed by atoms with Crippen molar-refractivity contribution in [2.75, 3.05) is 6.54 Å². The van der Waals surface area contributed by atoms with E-state index < -0.39 is 0 Å². The second kappa shape index (κ2) is 6.25. The third-order valence-corrected chi connectivity index (χ3v) is 3.22. The maximum absolute atomic E-state index is 4.39. The predicted molar refractivity (Wildman–Crippen MR) is 78.1 cm³/mol. The van der Waals surface area contributed by atoms with Crippen LogP contribution in [0.15, 0.2) is 49.3 Å². The molecule has 5 heteroatoms. The molecule has 0 aliphatic carbocycles. The van der Waals surface area contributed by atoms with Gasteiger partial charge in [-0.05, 0) is 25.1 Å². The maximum Gasteiger partial charge on any atom is 0.115 e. The highest BCUT2D eigenvalue weighted by atomic mass is 15.0. The molecule has 2 aromatic heterocycles. The highest BCUT2D eigenvalue weighted by molar-refractivity contribution is 5.74. The molecule has 1 aromatic carbocycles. The summed E-state index contributed by atoms with van der Waals surface area (Å²) in [7, 11) is 0. The van der Waals surface area contributed by atoms with Gasteiger partial charge in [-0.1, -0.05) is 12.1 Å². The van der Waals surface area contributed by atoms with Crippen molar-refractivity contribution in [3.8, 4) is 0 Å². The number of nitrogens with one attached hydrogen (secondary N) is 1. The molecule has 5 nitrogen and oxygen atoms in total. The average molecular weight is 267 g/mol. The molecule has 0 aliphatic rings. The molecule has 0 aliphatic heterocycles. The van der Waals surface area contributed by atoms with Crippen LogP contribution in [-0.4, -0.2) is 26.1 Å². The monoisotopic (exact) mass is 267 g/mol. The number of benzene rings is 1. The highest BCUT2D eigenvalue weighted by Gasteiger charge is 2.00.